The van der Waals surface area contributed by atoms with E-state index in [0.717, 1.165) is 6.20 Å². The molecule has 0 saturated carbocycles. The highest BCUT2D eigenvalue weighted by molar-refractivity contribution is 9.08. The number of alkyl halides is 3. The molecule has 15 heavy (non-hydrogen) atoms. The van der Waals surface area contributed by atoms with Crippen molar-refractivity contribution in [3.8, 4) is 5.75 Å². The van der Waals surface area contributed by atoms with Gasteiger partial charge in [-0.05, 0) is 0 Å². The maximum absolute atomic E-state index is 12.6. The predicted octanol–water partition coefficient (Wildman–Crippen LogP) is 2.32. The van der Waals surface area contributed by atoms with E-state index in [1.54, 1.807) is 0 Å². The second-order valence-corrected chi connectivity index (χ2v) is 3.18. The van der Waals surface area contributed by atoms with Gasteiger partial charge in [-0.25, -0.2) is 18.6 Å². The number of aromatic nitrogens is 1. The van der Waals surface area contributed by atoms with E-state index >= 15 is 0 Å². The van der Waals surface area contributed by atoms with Gasteiger partial charge in [-0.15, -0.1) is 0 Å². The van der Waals surface area contributed by atoms with Gasteiger partial charge in [0.05, 0.1) is 11.8 Å². The van der Waals surface area contributed by atoms with Gasteiger partial charge >= 0.3 is 5.97 Å². The lowest BCUT2D eigenvalue weighted by molar-refractivity contribution is 0.0676. The first-order chi connectivity index (χ1) is 6.99. The van der Waals surface area contributed by atoms with Gasteiger partial charge in [0, 0.05) is 10.9 Å². The number of hydrogen-bond donors (Lipinski definition) is 2. The van der Waals surface area contributed by atoms with Crippen molar-refractivity contribution in [2.75, 3.05) is 0 Å². The highest BCUT2D eigenvalue weighted by Gasteiger charge is 2.25. The summed E-state index contributed by atoms with van der Waals surface area (Å²) in [6, 6.07) is 0. The molecule has 0 unspecified atom stereocenters. The molecular weight excluding hydrogens is 276 g/mol. The minimum absolute atomic E-state index is 0.0681. The molecule has 82 valence electrons. The summed E-state index contributed by atoms with van der Waals surface area (Å²) in [6.07, 6.45) is -2.16. The monoisotopic (exact) mass is 281 g/mol. The maximum Gasteiger partial charge on any atom is 0.355 e. The van der Waals surface area contributed by atoms with E-state index in [0.29, 0.717) is 0 Å². The van der Waals surface area contributed by atoms with Crippen LogP contribution in [0.1, 0.15) is 28.0 Å². The Morgan fingerprint density at radius 2 is 2.20 bits per heavy atom. The number of aromatic carboxylic acids is 1. The van der Waals surface area contributed by atoms with Crippen molar-refractivity contribution in [1.29, 1.82) is 0 Å². The zero-order valence-electron chi connectivity index (χ0n) is 7.25. The minimum Gasteiger partial charge on any atom is -0.506 e. The van der Waals surface area contributed by atoms with Crippen molar-refractivity contribution in [2.45, 2.75) is 11.8 Å². The first-order valence-electron chi connectivity index (χ1n) is 3.77. The molecule has 2 N–H and O–H groups in total. The standard InChI is InChI=1S/C8H6BrF2NO3/c9-1-3-4(13)2-12-6(8(14)15)5(3)7(10)11/h2,7,13H,1H2,(H,14,15). The Hall–Kier alpha value is -1.24. The molecule has 0 aliphatic heterocycles. The summed E-state index contributed by atoms with van der Waals surface area (Å²) in [5.41, 5.74) is -1.64. The van der Waals surface area contributed by atoms with Crippen LogP contribution in [-0.2, 0) is 5.33 Å². The van der Waals surface area contributed by atoms with Crippen molar-refractivity contribution in [3.05, 3.63) is 23.0 Å². The van der Waals surface area contributed by atoms with Gasteiger partial charge < -0.3 is 10.2 Å². The Morgan fingerprint density at radius 1 is 1.60 bits per heavy atom. The lowest BCUT2D eigenvalue weighted by Crippen LogP contribution is -2.09. The summed E-state index contributed by atoms with van der Waals surface area (Å²) in [5.74, 6) is -2.00. The predicted molar refractivity (Wildman–Crippen MR) is 50.4 cm³/mol. The summed E-state index contributed by atoms with van der Waals surface area (Å²) < 4.78 is 25.2. The SMILES string of the molecule is O=C(O)c1ncc(O)c(CBr)c1C(F)F. The smallest absolute Gasteiger partial charge is 0.355 e. The van der Waals surface area contributed by atoms with Crippen LogP contribution in [0.5, 0.6) is 5.75 Å². The minimum atomic E-state index is -3.00. The number of pyridine rings is 1. The average molecular weight is 282 g/mol. The molecule has 0 fully saturated rings. The molecule has 1 heterocycles. The third-order valence-corrected chi connectivity index (χ3v) is 2.32. The number of rotatable bonds is 3. The van der Waals surface area contributed by atoms with E-state index in [9.17, 15) is 18.7 Å². The van der Waals surface area contributed by atoms with E-state index in [4.69, 9.17) is 5.11 Å². The third-order valence-electron chi connectivity index (χ3n) is 1.76. The summed E-state index contributed by atoms with van der Waals surface area (Å²) in [7, 11) is 0. The van der Waals surface area contributed by atoms with Crippen LogP contribution >= 0.6 is 15.9 Å². The normalized spacial score (nSPS) is 10.7. The van der Waals surface area contributed by atoms with E-state index in [1.165, 1.54) is 0 Å². The Bertz CT molecular complexity index is 398. The van der Waals surface area contributed by atoms with Crippen LogP contribution in [0.15, 0.2) is 6.20 Å². The fraction of sp³-hybridized carbons (Fsp3) is 0.250. The molecule has 0 radical (unpaired) electrons. The van der Waals surface area contributed by atoms with Crippen molar-refractivity contribution >= 4 is 21.9 Å². The Morgan fingerprint density at radius 3 is 2.60 bits per heavy atom. The molecule has 0 atom stereocenters. The van der Waals surface area contributed by atoms with E-state index in [-0.39, 0.29) is 10.9 Å². The number of hydrogen-bond acceptors (Lipinski definition) is 3. The average Bonchev–Trinajstić information content (AvgIpc) is 2.16. The highest BCUT2D eigenvalue weighted by Crippen LogP contribution is 2.32. The number of carbonyl (C=O) groups is 1. The lowest BCUT2D eigenvalue weighted by atomic mass is 10.1. The van der Waals surface area contributed by atoms with Gasteiger partial charge in [0.15, 0.2) is 5.69 Å². The van der Waals surface area contributed by atoms with Gasteiger partial charge in [-0.1, -0.05) is 15.9 Å². The molecule has 1 aromatic heterocycles. The molecule has 0 amide bonds. The molecule has 0 bridgehead atoms. The Labute approximate surface area is 91.7 Å². The lowest BCUT2D eigenvalue weighted by Gasteiger charge is -2.10. The van der Waals surface area contributed by atoms with Gasteiger partial charge in [0.25, 0.3) is 6.43 Å². The molecule has 1 aromatic rings. The number of carboxylic acid groups (broad SMARTS) is 1. The number of nitrogens with zero attached hydrogens (tertiary/aromatic N) is 1. The summed E-state index contributed by atoms with van der Waals surface area (Å²) in [5, 5.41) is 17.8. The van der Waals surface area contributed by atoms with Crippen molar-refractivity contribution < 1.29 is 23.8 Å². The summed E-state index contributed by atoms with van der Waals surface area (Å²) in [4.78, 5) is 13.9. The zero-order chi connectivity index (χ0) is 11.6. The van der Waals surface area contributed by atoms with Crippen LogP contribution in [0.25, 0.3) is 0 Å². The van der Waals surface area contributed by atoms with Crippen LogP contribution < -0.4 is 0 Å². The van der Waals surface area contributed by atoms with E-state index < -0.39 is 29.4 Å². The van der Waals surface area contributed by atoms with Crippen LogP contribution in [-0.4, -0.2) is 21.2 Å². The molecule has 0 saturated heterocycles. The van der Waals surface area contributed by atoms with Gasteiger partial charge in [0.1, 0.15) is 5.75 Å². The van der Waals surface area contributed by atoms with Crippen LogP contribution in [0.3, 0.4) is 0 Å². The van der Waals surface area contributed by atoms with Gasteiger partial charge in [-0.3, -0.25) is 0 Å². The quantitative estimate of drug-likeness (QED) is 0.835. The number of halogens is 3. The van der Waals surface area contributed by atoms with E-state index in [2.05, 4.69) is 20.9 Å². The molecule has 0 aromatic carbocycles. The van der Waals surface area contributed by atoms with Crippen LogP contribution in [0.2, 0.25) is 0 Å². The van der Waals surface area contributed by atoms with Crippen molar-refractivity contribution in [1.82, 2.24) is 4.98 Å². The molecule has 7 heteroatoms. The van der Waals surface area contributed by atoms with Crippen molar-refractivity contribution in [3.63, 3.8) is 0 Å². The first-order valence-corrected chi connectivity index (χ1v) is 4.89. The fourth-order valence-electron chi connectivity index (χ4n) is 1.10. The number of carboxylic acids is 1. The fourth-order valence-corrected chi connectivity index (χ4v) is 1.69. The zero-order valence-corrected chi connectivity index (χ0v) is 8.83. The molecule has 0 aliphatic carbocycles. The van der Waals surface area contributed by atoms with E-state index in [1.807, 2.05) is 0 Å². The summed E-state index contributed by atoms with van der Waals surface area (Å²) >= 11 is 2.90. The molecule has 1 rings (SSSR count). The third kappa shape index (κ3) is 2.23. The number of aromatic hydroxyl groups is 1. The Kier molecular flexibility index (Phi) is 3.57. The maximum atomic E-state index is 12.6. The first kappa shape index (κ1) is 11.8. The van der Waals surface area contributed by atoms with Crippen LogP contribution in [0, 0.1) is 0 Å². The molecule has 4 nitrogen and oxygen atoms in total. The van der Waals surface area contributed by atoms with Gasteiger partial charge in [0.2, 0.25) is 0 Å². The second kappa shape index (κ2) is 4.52. The molecular formula is C8H6BrF2NO3. The Balaban J connectivity index is 3.49. The second-order valence-electron chi connectivity index (χ2n) is 2.62. The molecule has 0 spiro atoms. The largest absolute Gasteiger partial charge is 0.506 e. The topological polar surface area (TPSA) is 70.4 Å². The van der Waals surface area contributed by atoms with Gasteiger partial charge in [-0.2, -0.15) is 0 Å². The highest BCUT2D eigenvalue weighted by atomic mass is 79.9. The van der Waals surface area contributed by atoms with Crippen LogP contribution in [0.4, 0.5) is 8.78 Å². The molecule has 0 aliphatic rings. The summed E-state index contributed by atoms with van der Waals surface area (Å²) in [6.45, 7) is 0. The van der Waals surface area contributed by atoms with Crippen molar-refractivity contribution in [2.24, 2.45) is 0 Å².